The molecule has 1 aliphatic carbocycles. The van der Waals surface area contributed by atoms with Gasteiger partial charge in [0.1, 0.15) is 12.4 Å². The predicted octanol–water partition coefficient (Wildman–Crippen LogP) is 3.26. The largest absolute Gasteiger partial charge is 0.480 e. The first-order chi connectivity index (χ1) is 14.8. The van der Waals surface area contributed by atoms with Gasteiger partial charge in [0.25, 0.3) is 0 Å². The zero-order chi connectivity index (χ0) is 22.5. The van der Waals surface area contributed by atoms with Gasteiger partial charge in [-0.05, 0) is 43.0 Å². The number of nitrogens with two attached hydrogens (primary N) is 1. The van der Waals surface area contributed by atoms with Crippen molar-refractivity contribution in [1.29, 1.82) is 0 Å². The van der Waals surface area contributed by atoms with E-state index in [0.29, 0.717) is 17.4 Å². The van der Waals surface area contributed by atoms with Crippen LogP contribution in [0.15, 0.2) is 24.4 Å². The number of nitrogens with zero attached hydrogens (tertiary/aromatic N) is 1. The Morgan fingerprint density at radius 1 is 1.23 bits per heavy atom. The van der Waals surface area contributed by atoms with Crippen LogP contribution >= 0.6 is 0 Å². The third-order valence-electron chi connectivity index (χ3n) is 5.38. The molecule has 1 amide bonds. The SMILES string of the molecule is Cc1cc(F)c(F)c(OCC(=O)[C@@H](Cc2ccc(N)nc2)NC(=O)C2CCCC2)c1F. The molecule has 6 nitrogen and oxygen atoms in total. The second-order valence-electron chi connectivity index (χ2n) is 7.73. The summed E-state index contributed by atoms with van der Waals surface area (Å²) in [5.74, 6) is -5.56. The molecular weight excluding hydrogens is 411 g/mol. The number of hydrogen-bond acceptors (Lipinski definition) is 5. The van der Waals surface area contributed by atoms with E-state index in [0.717, 1.165) is 25.7 Å². The van der Waals surface area contributed by atoms with Gasteiger partial charge >= 0.3 is 0 Å². The summed E-state index contributed by atoms with van der Waals surface area (Å²) >= 11 is 0. The average Bonchev–Trinajstić information content (AvgIpc) is 3.28. The van der Waals surface area contributed by atoms with E-state index >= 15 is 0 Å². The van der Waals surface area contributed by atoms with Crippen molar-refractivity contribution >= 4 is 17.5 Å². The topological polar surface area (TPSA) is 94.3 Å². The van der Waals surface area contributed by atoms with Crippen LogP contribution in [0, 0.1) is 30.3 Å². The first kappa shape index (κ1) is 22.6. The van der Waals surface area contributed by atoms with Crippen molar-refractivity contribution in [2.24, 2.45) is 5.92 Å². The number of anilines is 1. The van der Waals surface area contributed by atoms with Crippen LogP contribution in [0.2, 0.25) is 0 Å². The maximum atomic E-state index is 14.2. The zero-order valence-corrected chi connectivity index (χ0v) is 17.1. The lowest BCUT2D eigenvalue weighted by Gasteiger charge is -2.20. The minimum Gasteiger partial charge on any atom is -0.480 e. The van der Waals surface area contributed by atoms with Gasteiger partial charge in [0, 0.05) is 18.5 Å². The first-order valence-electron chi connectivity index (χ1n) is 10.1. The molecule has 0 spiro atoms. The van der Waals surface area contributed by atoms with Gasteiger partial charge in [-0.2, -0.15) is 4.39 Å². The number of benzene rings is 1. The van der Waals surface area contributed by atoms with E-state index in [-0.39, 0.29) is 23.8 Å². The Morgan fingerprint density at radius 3 is 2.58 bits per heavy atom. The summed E-state index contributed by atoms with van der Waals surface area (Å²) in [5.41, 5.74) is 6.06. The lowest BCUT2D eigenvalue weighted by molar-refractivity contribution is -0.131. The lowest BCUT2D eigenvalue weighted by atomic mass is 10.0. The number of ether oxygens (including phenoxy) is 1. The Hall–Kier alpha value is -3.10. The summed E-state index contributed by atoms with van der Waals surface area (Å²) in [6.07, 6.45) is 4.95. The van der Waals surface area contributed by atoms with Crippen molar-refractivity contribution in [3.05, 3.63) is 53.0 Å². The average molecular weight is 435 g/mol. The van der Waals surface area contributed by atoms with Gasteiger partial charge < -0.3 is 15.8 Å². The molecule has 1 atom stereocenters. The predicted molar refractivity (Wildman–Crippen MR) is 108 cm³/mol. The second-order valence-corrected chi connectivity index (χ2v) is 7.73. The number of carbonyl (C=O) groups is 2. The molecule has 0 aliphatic heterocycles. The molecule has 3 rings (SSSR count). The highest BCUT2D eigenvalue weighted by Gasteiger charge is 2.29. The van der Waals surface area contributed by atoms with Crippen LogP contribution in [0.25, 0.3) is 0 Å². The standard InChI is InChI=1S/C22H24F3N3O3/c1-12-8-15(23)20(25)21(19(12)24)31-11-17(29)16(9-13-6-7-18(26)27-10-13)28-22(30)14-4-2-3-5-14/h6-8,10,14,16H,2-5,9,11H2,1H3,(H2,26,27)(H,28,30)/t16-/m1/s1. The van der Waals surface area contributed by atoms with Crippen LogP contribution in [0.3, 0.4) is 0 Å². The first-order valence-corrected chi connectivity index (χ1v) is 10.1. The molecule has 0 radical (unpaired) electrons. The normalized spacial score (nSPS) is 15.0. The highest BCUT2D eigenvalue weighted by molar-refractivity contribution is 5.91. The van der Waals surface area contributed by atoms with Gasteiger partial charge in [-0.15, -0.1) is 0 Å². The molecule has 1 aromatic carbocycles. The van der Waals surface area contributed by atoms with E-state index in [4.69, 9.17) is 10.5 Å². The van der Waals surface area contributed by atoms with Gasteiger partial charge in [0.15, 0.2) is 23.2 Å². The van der Waals surface area contributed by atoms with Crippen molar-refractivity contribution in [3.63, 3.8) is 0 Å². The number of Topliss-reactive ketones (excluding diaryl/α,β-unsaturated/α-hetero) is 1. The monoisotopic (exact) mass is 435 g/mol. The summed E-state index contributed by atoms with van der Waals surface area (Å²) in [4.78, 5) is 29.3. The van der Waals surface area contributed by atoms with E-state index in [1.54, 1.807) is 12.1 Å². The molecule has 1 aliphatic rings. The summed E-state index contributed by atoms with van der Waals surface area (Å²) in [6.45, 7) is 0.514. The van der Waals surface area contributed by atoms with E-state index in [1.165, 1.54) is 13.1 Å². The Kier molecular flexibility index (Phi) is 7.14. The summed E-state index contributed by atoms with van der Waals surface area (Å²) in [6, 6.07) is 2.93. The minimum atomic E-state index is -1.51. The Labute approximate surface area is 178 Å². The molecule has 0 saturated heterocycles. The van der Waals surface area contributed by atoms with Crippen LogP contribution in [-0.4, -0.2) is 29.3 Å². The number of aryl methyl sites for hydroxylation is 1. The van der Waals surface area contributed by atoms with Crippen LogP contribution in [-0.2, 0) is 16.0 Å². The minimum absolute atomic E-state index is 0.0983. The van der Waals surface area contributed by atoms with Crippen molar-refractivity contribution in [1.82, 2.24) is 10.3 Å². The van der Waals surface area contributed by atoms with Gasteiger partial charge in [-0.1, -0.05) is 18.9 Å². The number of hydrogen-bond donors (Lipinski definition) is 2. The Balaban J connectivity index is 1.75. The molecule has 9 heteroatoms. The molecule has 166 valence electrons. The number of nitrogen functional groups attached to an aromatic ring is 1. The molecule has 1 aromatic heterocycles. The molecule has 0 bridgehead atoms. The Morgan fingerprint density at radius 2 is 1.94 bits per heavy atom. The highest BCUT2D eigenvalue weighted by Crippen LogP contribution is 2.27. The van der Waals surface area contributed by atoms with Crippen molar-refractivity contribution in [2.45, 2.75) is 45.1 Å². The van der Waals surface area contributed by atoms with Crippen molar-refractivity contribution < 1.29 is 27.5 Å². The molecule has 3 N–H and O–H groups in total. The molecule has 1 heterocycles. The fourth-order valence-corrected chi connectivity index (χ4v) is 3.59. The molecule has 0 unspecified atom stereocenters. The number of aromatic nitrogens is 1. The van der Waals surface area contributed by atoms with Crippen LogP contribution in [0.5, 0.6) is 5.75 Å². The maximum absolute atomic E-state index is 14.2. The Bertz CT molecular complexity index is 934. The van der Waals surface area contributed by atoms with E-state index in [2.05, 4.69) is 10.3 Å². The van der Waals surface area contributed by atoms with E-state index in [9.17, 15) is 22.8 Å². The second kappa shape index (κ2) is 9.80. The van der Waals surface area contributed by atoms with E-state index in [1.807, 2.05) is 0 Å². The molecule has 1 fully saturated rings. The number of halogens is 3. The van der Waals surface area contributed by atoms with Gasteiger partial charge in [-0.25, -0.2) is 13.8 Å². The number of carbonyl (C=O) groups excluding carboxylic acids is 2. The number of pyridine rings is 1. The van der Waals surface area contributed by atoms with Crippen molar-refractivity contribution in [2.75, 3.05) is 12.3 Å². The third-order valence-corrected chi connectivity index (χ3v) is 5.38. The molecule has 31 heavy (non-hydrogen) atoms. The molecule has 1 saturated carbocycles. The van der Waals surface area contributed by atoms with Crippen LogP contribution in [0.4, 0.5) is 19.0 Å². The number of ketones is 1. The molecule has 2 aromatic rings. The van der Waals surface area contributed by atoms with Crippen molar-refractivity contribution in [3.8, 4) is 5.75 Å². The number of amides is 1. The van der Waals surface area contributed by atoms with Gasteiger partial charge in [0.05, 0.1) is 6.04 Å². The summed E-state index contributed by atoms with van der Waals surface area (Å²) < 4.78 is 46.7. The quantitative estimate of drug-likeness (QED) is 0.621. The fourth-order valence-electron chi connectivity index (χ4n) is 3.59. The highest BCUT2D eigenvalue weighted by atomic mass is 19.2. The third kappa shape index (κ3) is 5.53. The fraction of sp³-hybridized carbons (Fsp3) is 0.409. The maximum Gasteiger partial charge on any atom is 0.223 e. The summed E-state index contributed by atoms with van der Waals surface area (Å²) in [7, 11) is 0. The van der Waals surface area contributed by atoms with Gasteiger partial charge in [0.2, 0.25) is 11.7 Å². The zero-order valence-electron chi connectivity index (χ0n) is 17.1. The van der Waals surface area contributed by atoms with Crippen LogP contribution < -0.4 is 15.8 Å². The lowest BCUT2D eigenvalue weighted by Crippen LogP contribution is -2.46. The number of rotatable bonds is 8. The van der Waals surface area contributed by atoms with Gasteiger partial charge in [-0.3, -0.25) is 9.59 Å². The summed E-state index contributed by atoms with van der Waals surface area (Å²) in [5, 5.41) is 2.72. The van der Waals surface area contributed by atoms with Crippen LogP contribution in [0.1, 0.15) is 36.8 Å². The van der Waals surface area contributed by atoms with E-state index < -0.39 is 41.6 Å². The smallest absolute Gasteiger partial charge is 0.223 e. The number of nitrogens with one attached hydrogen (secondary N) is 1. The molecular formula is C22H24F3N3O3.